The Morgan fingerprint density at radius 1 is 1.15 bits per heavy atom. The van der Waals surface area contributed by atoms with Crippen molar-refractivity contribution in [1.29, 1.82) is 0 Å². The SMILES string of the molecule is CCNc1nc(NC2CC(OCC)C2)nc(N(C)C)n1. The Kier molecular flexibility index (Phi) is 4.94. The van der Waals surface area contributed by atoms with Crippen LogP contribution in [0, 0.1) is 0 Å². The number of hydrogen-bond donors (Lipinski definition) is 2. The van der Waals surface area contributed by atoms with Gasteiger partial charge in [-0.1, -0.05) is 0 Å². The van der Waals surface area contributed by atoms with Gasteiger partial charge in [0.25, 0.3) is 0 Å². The van der Waals surface area contributed by atoms with E-state index in [-0.39, 0.29) is 0 Å². The van der Waals surface area contributed by atoms with Crippen molar-refractivity contribution in [3.63, 3.8) is 0 Å². The summed E-state index contributed by atoms with van der Waals surface area (Å²) < 4.78 is 5.56. The molecular formula is C13H24N6O. The average Bonchev–Trinajstić information content (AvgIpc) is 2.36. The maximum atomic E-state index is 5.56. The van der Waals surface area contributed by atoms with Crippen molar-refractivity contribution in [2.24, 2.45) is 0 Å². The highest BCUT2D eigenvalue weighted by Crippen LogP contribution is 2.26. The maximum Gasteiger partial charge on any atom is 0.231 e. The van der Waals surface area contributed by atoms with E-state index < -0.39 is 0 Å². The molecule has 7 nitrogen and oxygen atoms in total. The Labute approximate surface area is 120 Å². The van der Waals surface area contributed by atoms with Crippen molar-refractivity contribution in [3.8, 4) is 0 Å². The lowest BCUT2D eigenvalue weighted by atomic mass is 9.89. The molecule has 0 bridgehead atoms. The minimum Gasteiger partial charge on any atom is -0.378 e. The molecule has 0 unspecified atom stereocenters. The molecule has 1 aliphatic carbocycles. The molecule has 0 aliphatic heterocycles. The molecule has 1 saturated carbocycles. The lowest BCUT2D eigenvalue weighted by Crippen LogP contribution is -2.41. The van der Waals surface area contributed by atoms with E-state index in [1.807, 2.05) is 32.8 Å². The molecule has 112 valence electrons. The van der Waals surface area contributed by atoms with E-state index >= 15 is 0 Å². The monoisotopic (exact) mass is 280 g/mol. The van der Waals surface area contributed by atoms with Crippen LogP contribution in [0.3, 0.4) is 0 Å². The summed E-state index contributed by atoms with van der Waals surface area (Å²) in [7, 11) is 3.84. The Morgan fingerprint density at radius 3 is 2.45 bits per heavy atom. The number of nitrogens with one attached hydrogen (secondary N) is 2. The third-order valence-corrected chi connectivity index (χ3v) is 3.19. The zero-order valence-electron chi connectivity index (χ0n) is 12.7. The minimum absolute atomic E-state index is 0.376. The zero-order chi connectivity index (χ0) is 14.5. The quantitative estimate of drug-likeness (QED) is 0.780. The average molecular weight is 280 g/mol. The normalized spacial score (nSPS) is 21.2. The topological polar surface area (TPSA) is 75.2 Å². The summed E-state index contributed by atoms with van der Waals surface area (Å²) in [6.45, 7) is 5.61. The highest BCUT2D eigenvalue weighted by Gasteiger charge is 2.30. The number of anilines is 3. The van der Waals surface area contributed by atoms with Crippen LogP contribution in [0.2, 0.25) is 0 Å². The Hall–Kier alpha value is -1.63. The molecule has 1 heterocycles. The Bertz CT molecular complexity index is 433. The highest BCUT2D eigenvalue weighted by molar-refractivity contribution is 5.43. The first-order chi connectivity index (χ1) is 9.62. The molecule has 2 N–H and O–H groups in total. The van der Waals surface area contributed by atoms with Gasteiger partial charge in [-0.05, 0) is 26.7 Å². The summed E-state index contributed by atoms with van der Waals surface area (Å²) in [5.41, 5.74) is 0. The smallest absolute Gasteiger partial charge is 0.231 e. The summed E-state index contributed by atoms with van der Waals surface area (Å²) in [6, 6.07) is 0.387. The Morgan fingerprint density at radius 2 is 1.85 bits per heavy atom. The highest BCUT2D eigenvalue weighted by atomic mass is 16.5. The van der Waals surface area contributed by atoms with Crippen molar-refractivity contribution >= 4 is 17.8 Å². The fourth-order valence-electron chi connectivity index (χ4n) is 2.10. The molecule has 0 aromatic carbocycles. The number of nitrogens with zero attached hydrogens (tertiary/aromatic N) is 4. The molecule has 1 fully saturated rings. The molecule has 20 heavy (non-hydrogen) atoms. The second-order valence-electron chi connectivity index (χ2n) is 5.10. The van der Waals surface area contributed by atoms with Crippen molar-refractivity contribution in [2.75, 3.05) is 42.8 Å². The second kappa shape index (κ2) is 6.69. The van der Waals surface area contributed by atoms with Crippen molar-refractivity contribution in [1.82, 2.24) is 15.0 Å². The fourth-order valence-corrected chi connectivity index (χ4v) is 2.10. The lowest BCUT2D eigenvalue weighted by Gasteiger charge is -2.35. The van der Waals surface area contributed by atoms with Gasteiger partial charge in [-0.25, -0.2) is 0 Å². The lowest BCUT2D eigenvalue weighted by molar-refractivity contribution is 0.00285. The number of aromatic nitrogens is 3. The first-order valence-electron chi connectivity index (χ1n) is 7.17. The molecule has 0 spiro atoms. The van der Waals surface area contributed by atoms with Gasteiger partial charge < -0.3 is 20.3 Å². The third-order valence-electron chi connectivity index (χ3n) is 3.19. The molecule has 1 aromatic heterocycles. The van der Waals surface area contributed by atoms with Gasteiger partial charge in [0.05, 0.1) is 6.10 Å². The van der Waals surface area contributed by atoms with E-state index in [0.717, 1.165) is 26.0 Å². The van der Waals surface area contributed by atoms with Crippen LogP contribution in [0.15, 0.2) is 0 Å². The van der Waals surface area contributed by atoms with Crippen molar-refractivity contribution in [2.45, 2.75) is 38.8 Å². The van der Waals surface area contributed by atoms with Crippen LogP contribution in [-0.2, 0) is 4.74 Å². The van der Waals surface area contributed by atoms with Crippen LogP contribution in [0.4, 0.5) is 17.8 Å². The van der Waals surface area contributed by atoms with Crippen LogP contribution in [-0.4, -0.2) is 54.3 Å². The number of ether oxygens (including phenoxy) is 1. The predicted molar refractivity (Wildman–Crippen MR) is 80.4 cm³/mol. The van der Waals surface area contributed by atoms with E-state index in [0.29, 0.717) is 30.0 Å². The van der Waals surface area contributed by atoms with E-state index in [2.05, 4.69) is 25.6 Å². The molecule has 0 amide bonds. The van der Waals surface area contributed by atoms with Gasteiger partial charge in [0.2, 0.25) is 17.8 Å². The van der Waals surface area contributed by atoms with Crippen LogP contribution in [0.1, 0.15) is 26.7 Å². The van der Waals surface area contributed by atoms with Gasteiger partial charge in [-0.2, -0.15) is 15.0 Å². The first-order valence-corrected chi connectivity index (χ1v) is 7.17. The molecule has 1 aromatic rings. The number of rotatable bonds is 7. The van der Waals surface area contributed by atoms with E-state index in [9.17, 15) is 0 Å². The summed E-state index contributed by atoms with van der Waals surface area (Å²) >= 11 is 0. The standard InChI is InChI=1S/C13H24N6O/c1-5-14-11-16-12(18-13(17-11)19(3)4)15-9-7-10(8-9)20-6-2/h9-10H,5-8H2,1-4H3,(H2,14,15,16,17,18). The minimum atomic E-state index is 0.376. The van der Waals surface area contributed by atoms with Gasteiger partial charge in [0.1, 0.15) is 0 Å². The zero-order valence-corrected chi connectivity index (χ0v) is 12.7. The van der Waals surface area contributed by atoms with Crippen LogP contribution < -0.4 is 15.5 Å². The number of hydrogen-bond acceptors (Lipinski definition) is 7. The van der Waals surface area contributed by atoms with Gasteiger partial charge in [0.15, 0.2) is 0 Å². The summed E-state index contributed by atoms with van der Waals surface area (Å²) in [4.78, 5) is 15.0. The molecule has 1 aliphatic rings. The van der Waals surface area contributed by atoms with Crippen LogP contribution >= 0.6 is 0 Å². The van der Waals surface area contributed by atoms with Gasteiger partial charge in [-0.15, -0.1) is 0 Å². The van der Waals surface area contributed by atoms with Gasteiger partial charge >= 0.3 is 0 Å². The molecule has 0 saturated heterocycles. The maximum absolute atomic E-state index is 5.56. The van der Waals surface area contributed by atoms with Crippen LogP contribution in [0.25, 0.3) is 0 Å². The first kappa shape index (κ1) is 14.8. The molecule has 0 atom stereocenters. The summed E-state index contributed by atoms with van der Waals surface area (Å²) in [5, 5.41) is 6.48. The van der Waals surface area contributed by atoms with E-state index in [1.54, 1.807) is 0 Å². The van der Waals surface area contributed by atoms with Gasteiger partial charge in [0, 0.05) is 33.3 Å². The molecule has 7 heteroatoms. The fraction of sp³-hybridized carbons (Fsp3) is 0.769. The van der Waals surface area contributed by atoms with Crippen LogP contribution in [0.5, 0.6) is 0 Å². The Balaban J connectivity index is 2.00. The van der Waals surface area contributed by atoms with Crippen molar-refractivity contribution in [3.05, 3.63) is 0 Å². The van der Waals surface area contributed by atoms with E-state index in [4.69, 9.17) is 4.74 Å². The van der Waals surface area contributed by atoms with Crippen molar-refractivity contribution < 1.29 is 4.74 Å². The third kappa shape index (κ3) is 3.69. The largest absolute Gasteiger partial charge is 0.378 e. The molecule has 0 radical (unpaired) electrons. The van der Waals surface area contributed by atoms with Gasteiger partial charge in [-0.3, -0.25) is 0 Å². The molecule has 2 rings (SSSR count). The predicted octanol–water partition coefficient (Wildman–Crippen LogP) is 1.35. The van der Waals surface area contributed by atoms with E-state index in [1.165, 1.54) is 0 Å². The molecular weight excluding hydrogens is 256 g/mol. The summed E-state index contributed by atoms with van der Waals surface area (Å²) in [5.74, 6) is 1.88. The second-order valence-corrected chi connectivity index (χ2v) is 5.10. The summed E-state index contributed by atoms with van der Waals surface area (Å²) in [6.07, 6.45) is 2.39.